The van der Waals surface area contributed by atoms with Crippen LogP contribution in [0.1, 0.15) is 24.8 Å². The highest BCUT2D eigenvalue weighted by Crippen LogP contribution is 2.20. The van der Waals surface area contributed by atoms with E-state index in [0.717, 1.165) is 5.56 Å². The molecule has 0 bridgehead atoms. The molecule has 1 aromatic carbocycles. The molecule has 1 amide bonds. The summed E-state index contributed by atoms with van der Waals surface area (Å²) in [4.78, 5) is 19.2. The van der Waals surface area contributed by atoms with Gasteiger partial charge in [0.2, 0.25) is 5.91 Å². The van der Waals surface area contributed by atoms with Crippen molar-refractivity contribution in [3.63, 3.8) is 0 Å². The average molecular weight is 528 g/mol. The molecule has 1 saturated heterocycles. The van der Waals surface area contributed by atoms with Crippen LogP contribution in [0.2, 0.25) is 0 Å². The van der Waals surface area contributed by atoms with Gasteiger partial charge < -0.3 is 20.3 Å². The summed E-state index contributed by atoms with van der Waals surface area (Å²) < 4.78 is 42.4. The Morgan fingerprint density at radius 3 is 2.45 bits per heavy atom. The first-order valence-electron chi connectivity index (χ1n) is 9.41. The van der Waals surface area contributed by atoms with Crippen LogP contribution in [-0.4, -0.2) is 68.9 Å². The van der Waals surface area contributed by atoms with Crippen LogP contribution in [0.15, 0.2) is 35.3 Å². The lowest BCUT2D eigenvalue weighted by atomic mass is 9.97. The van der Waals surface area contributed by atoms with Gasteiger partial charge in [0.15, 0.2) is 5.96 Å². The van der Waals surface area contributed by atoms with Crippen LogP contribution in [0.3, 0.4) is 0 Å². The van der Waals surface area contributed by atoms with Crippen molar-refractivity contribution in [3.8, 4) is 0 Å². The maximum atomic E-state index is 13.0. The maximum Gasteiger partial charge on any atom is 0.390 e. The molecular formula is C19H28F3IN4O2. The molecule has 0 radical (unpaired) electrons. The van der Waals surface area contributed by atoms with Crippen molar-refractivity contribution in [3.05, 3.63) is 35.9 Å². The highest BCUT2D eigenvalue weighted by atomic mass is 127. The van der Waals surface area contributed by atoms with Crippen LogP contribution in [0.5, 0.6) is 0 Å². The Morgan fingerprint density at radius 1 is 1.21 bits per heavy atom. The van der Waals surface area contributed by atoms with Crippen molar-refractivity contribution in [2.75, 3.05) is 45.9 Å². The molecule has 10 heteroatoms. The van der Waals surface area contributed by atoms with Crippen molar-refractivity contribution in [1.82, 2.24) is 15.5 Å². The standard InChI is InChI=1S/C19H27F3N4O2.HI/c1-2-23-18(24-9-8-19(20,21)22)25-14-16(15-6-4-3-5-7-15)17(27)26-10-12-28-13-11-26;/h3-7,16H,2,8-14H2,1H3,(H2,23,24,25);1H. The molecule has 1 unspecified atom stereocenters. The lowest BCUT2D eigenvalue weighted by Gasteiger charge is -2.30. The fourth-order valence-electron chi connectivity index (χ4n) is 2.86. The lowest BCUT2D eigenvalue weighted by molar-refractivity contribution is -0.136. The summed E-state index contributed by atoms with van der Waals surface area (Å²) >= 11 is 0. The quantitative estimate of drug-likeness (QED) is 0.325. The second-order valence-electron chi connectivity index (χ2n) is 6.41. The number of halogens is 4. The first kappa shape index (κ1) is 25.5. The molecule has 0 saturated carbocycles. The fraction of sp³-hybridized carbons (Fsp3) is 0.579. The Balaban J connectivity index is 0.00000420. The minimum absolute atomic E-state index is 0. The van der Waals surface area contributed by atoms with Crippen molar-refractivity contribution < 1.29 is 22.7 Å². The number of guanidine groups is 1. The molecule has 29 heavy (non-hydrogen) atoms. The first-order chi connectivity index (χ1) is 13.4. The summed E-state index contributed by atoms with van der Waals surface area (Å²) in [5.41, 5.74) is 0.828. The van der Waals surface area contributed by atoms with E-state index < -0.39 is 18.5 Å². The van der Waals surface area contributed by atoms with E-state index in [-0.39, 0.29) is 48.9 Å². The minimum Gasteiger partial charge on any atom is -0.378 e. The van der Waals surface area contributed by atoms with Crippen molar-refractivity contribution >= 4 is 35.8 Å². The third kappa shape index (κ3) is 9.20. The Bertz CT molecular complexity index is 638. The third-order valence-corrected chi connectivity index (χ3v) is 4.30. The molecule has 1 aliphatic rings. The number of aliphatic imine (C=N–C) groups is 1. The number of nitrogens with zero attached hydrogens (tertiary/aromatic N) is 2. The highest BCUT2D eigenvalue weighted by Gasteiger charge is 2.28. The Labute approximate surface area is 186 Å². The topological polar surface area (TPSA) is 66.0 Å². The molecule has 1 aliphatic heterocycles. The molecule has 1 atom stereocenters. The van der Waals surface area contributed by atoms with Crippen molar-refractivity contribution in [1.29, 1.82) is 0 Å². The van der Waals surface area contributed by atoms with Gasteiger partial charge in [0.05, 0.1) is 32.1 Å². The number of nitrogens with one attached hydrogen (secondary N) is 2. The van der Waals surface area contributed by atoms with Gasteiger partial charge in [-0.3, -0.25) is 9.79 Å². The molecule has 1 heterocycles. The second kappa shape index (κ2) is 12.9. The third-order valence-electron chi connectivity index (χ3n) is 4.30. The van der Waals surface area contributed by atoms with Gasteiger partial charge in [0.1, 0.15) is 0 Å². The van der Waals surface area contributed by atoms with Gasteiger partial charge in [-0.05, 0) is 12.5 Å². The zero-order valence-electron chi connectivity index (χ0n) is 16.4. The summed E-state index contributed by atoms with van der Waals surface area (Å²) in [6.45, 7) is 4.24. The summed E-state index contributed by atoms with van der Waals surface area (Å²) in [7, 11) is 0. The van der Waals surface area contributed by atoms with E-state index in [1.165, 1.54) is 0 Å². The van der Waals surface area contributed by atoms with Crippen molar-refractivity contribution in [2.24, 2.45) is 4.99 Å². The number of amides is 1. The molecular weight excluding hydrogens is 500 g/mol. The zero-order chi connectivity index (χ0) is 20.4. The number of alkyl halides is 3. The number of rotatable bonds is 7. The summed E-state index contributed by atoms with van der Waals surface area (Å²) in [5.74, 6) is -0.288. The lowest BCUT2D eigenvalue weighted by Crippen LogP contribution is -2.44. The zero-order valence-corrected chi connectivity index (χ0v) is 18.7. The maximum absolute atomic E-state index is 13.0. The fourth-order valence-corrected chi connectivity index (χ4v) is 2.86. The van der Waals surface area contributed by atoms with Crippen LogP contribution in [0, 0.1) is 0 Å². The van der Waals surface area contributed by atoms with Crippen LogP contribution in [-0.2, 0) is 9.53 Å². The van der Waals surface area contributed by atoms with Crippen molar-refractivity contribution in [2.45, 2.75) is 25.4 Å². The van der Waals surface area contributed by atoms with Gasteiger partial charge in [-0.15, -0.1) is 24.0 Å². The average Bonchev–Trinajstić information content (AvgIpc) is 2.68. The number of hydrogen-bond acceptors (Lipinski definition) is 3. The van der Waals surface area contributed by atoms with E-state index in [1.54, 1.807) is 4.90 Å². The molecule has 1 aromatic rings. The normalized spacial score (nSPS) is 16.0. The van der Waals surface area contributed by atoms with Gasteiger partial charge in [-0.25, -0.2) is 0 Å². The van der Waals surface area contributed by atoms with Crippen LogP contribution in [0.25, 0.3) is 0 Å². The molecule has 164 valence electrons. The number of hydrogen-bond donors (Lipinski definition) is 2. The SMILES string of the molecule is CCNC(=NCC(C(=O)N1CCOCC1)c1ccccc1)NCCC(F)(F)F.I. The molecule has 0 spiro atoms. The Kier molecular flexibility index (Phi) is 11.3. The molecule has 2 rings (SSSR count). The summed E-state index contributed by atoms with van der Waals surface area (Å²) in [6.07, 6.45) is -5.19. The van der Waals surface area contributed by atoms with E-state index in [4.69, 9.17) is 4.74 Å². The number of carbonyl (C=O) groups is 1. The van der Waals surface area contributed by atoms with Crippen LogP contribution < -0.4 is 10.6 Å². The molecule has 0 aromatic heterocycles. The predicted molar refractivity (Wildman–Crippen MR) is 117 cm³/mol. The highest BCUT2D eigenvalue weighted by molar-refractivity contribution is 14.0. The summed E-state index contributed by atoms with van der Waals surface area (Å²) in [5, 5.41) is 5.60. The van der Waals surface area contributed by atoms with Gasteiger partial charge in [0, 0.05) is 26.2 Å². The van der Waals surface area contributed by atoms with Gasteiger partial charge >= 0.3 is 6.18 Å². The van der Waals surface area contributed by atoms with Gasteiger partial charge in [-0.2, -0.15) is 13.2 Å². The number of ether oxygens (including phenoxy) is 1. The number of benzene rings is 1. The number of carbonyl (C=O) groups excluding carboxylic acids is 1. The second-order valence-corrected chi connectivity index (χ2v) is 6.41. The molecule has 2 N–H and O–H groups in total. The molecule has 0 aliphatic carbocycles. The van der Waals surface area contributed by atoms with E-state index in [0.29, 0.717) is 32.8 Å². The molecule has 6 nitrogen and oxygen atoms in total. The van der Waals surface area contributed by atoms with Gasteiger partial charge in [-0.1, -0.05) is 30.3 Å². The minimum atomic E-state index is -4.23. The van der Waals surface area contributed by atoms with E-state index in [1.807, 2.05) is 37.3 Å². The van der Waals surface area contributed by atoms with Crippen LogP contribution in [0.4, 0.5) is 13.2 Å². The Morgan fingerprint density at radius 2 is 1.86 bits per heavy atom. The van der Waals surface area contributed by atoms with Crippen LogP contribution >= 0.6 is 24.0 Å². The largest absolute Gasteiger partial charge is 0.390 e. The molecule has 1 fully saturated rings. The Hall–Kier alpha value is -1.56. The smallest absolute Gasteiger partial charge is 0.378 e. The first-order valence-corrected chi connectivity index (χ1v) is 9.41. The van der Waals surface area contributed by atoms with E-state index in [2.05, 4.69) is 15.6 Å². The predicted octanol–water partition coefficient (Wildman–Crippen LogP) is 2.75. The van der Waals surface area contributed by atoms with Gasteiger partial charge in [0.25, 0.3) is 0 Å². The monoisotopic (exact) mass is 528 g/mol. The summed E-state index contributed by atoms with van der Waals surface area (Å²) in [6, 6.07) is 9.30. The number of morpholine rings is 1. The van der Waals surface area contributed by atoms with E-state index in [9.17, 15) is 18.0 Å². The van der Waals surface area contributed by atoms with E-state index >= 15 is 0 Å².